The van der Waals surface area contributed by atoms with Crippen LogP contribution >= 0.6 is 11.6 Å². The number of hydrogen-bond donors (Lipinski definition) is 1. The summed E-state index contributed by atoms with van der Waals surface area (Å²) in [5, 5.41) is 9.67. The summed E-state index contributed by atoms with van der Waals surface area (Å²) in [6, 6.07) is 8.19. The summed E-state index contributed by atoms with van der Waals surface area (Å²) in [4.78, 5) is 15.2. The van der Waals surface area contributed by atoms with Crippen LogP contribution < -0.4 is 0 Å². The molecule has 110 valence electrons. The molecule has 0 saturated carbocycles. The molecule has 2 rings (SSSR count). The summed E-state index contributed by atoms with van der Waals surface area (Å²) in [5.74, 6) is -0.752. The summed E-state index contributed by atoms with van der Waals surface area (Å²) < 4.78 is 0. The Morgan fingerprint density at radius 3 is 2.75 bits per heavy atom. The fourth-order valence-electron chi connectivity index (χ4n) is 2.74. The van der Waals surface area contributed by atoms with E-state index in [1.54, 1.807) is 0 Å². The highest BCUT2D eigenvalue weighted by atomic mass is 35.5. The molecule has 1 atom stereocenters. The first-order valence-electron chi connectivity index (χ1n) is 7.00. The van der Waals surface area contributed by atoms with E-state index in [9.17, 15) is 4.79 Å². The molecule has 1 aromatic rings. The number of benzene rings is 1. The Kier molecular flexibility index (Phi) is 5.40. The SMILES string of the molecule is CC(c1ccccc1Cl)N1CCCN(CC(=O)O)CC1. The van der Waals surface area contributed by atoms with Gasteiger partial charge in [-0.1, -0.05) is 29.8 Å². The van der Waals surface area contributed by atoms with Crippen LogP contribution in [0, 0.1) is 0 Å². The maximum Gasteiger partial charge on any atom is 0.317 e. The zero-order valence-electron chi connectivity index (χ0n) is 11.8. The number of hydrogen-bond acceptors (Lipinski definition) is 3. The van der Waals surface area contributed by atoms with Crippen LogP contribution in [-0.4, -0.2) is 53.6 Å². The lowest BCUT2D eigenvalue weighted by Crippen LogP contribution is -2.35. The van der Waals surface area contributed by atoms with Gasteiger partial charge in [-0.15, -0.1) is 0 Å². The van der Waals surface area contributed by atoms with E-state index in [-0.39, 0.29) is 12.6 Å². The summed E-state index contributed by atoms with van der Waals surface area (Å²) in [6.45, 7) is 5.78. The predicted octanol–water partition coefficient (Wildman–Crippen LogP) is 2.49. The second kappa shape index (κ2) is 7.07. The molecular formula is C15H21ClN2O2. The van der Waals surface area contributed by atoms with E-state index in [1.807, 2.05) is 23.1 Å². The first-order valence-corrected chi connectivity index (χ1v) is 7.38. The predicted molar refractivity (Wildman–Crippen MR) is 80.1 cm³/mol. The second-order valence-corrected chi connectivity index (χ2v) is 5.66. The molecule has 1 saturated heterocycles. The third kappa shape index (κ3) is 3.95. The van der Waals surface area contributed by atoms with Gasteiger partial charge in [0.25, 0.3) is 0 Å². The topological polar surface area (TPSA) is 43.8 Å². The van der Waals surface area contributed by atoms with Crippen molar-refractivity contribution >= 4 is 17.6 Å². The first kappa shape index (κ1) is 15.3. The number of halogens is 1. The lowest BCUT2D eigenvalue weighted by molar-refractivity contribution is -0.138. The van der Waals surface area contributed by atoms with Gasteiger partial charge in [0.05, 0.1) is 6.54 Å². The van der Waals surface area contributed by atoms with Crippen LogP contribution in [0.5, 0.6) is 0 Å². The molecule has 0 aromatic heterocycles. The van der Waals surface area contributed by atoms with E-state index in [0.717, 1.165) is 43.2 Å². The van der Waals surface area contributed by atoms with E-state index in [0.29, 0.717) is 0 Å². The molecule has 1 aliphatic heterocycles. The standard InChI is InChI=1S/C15H21ClN2O2/c1-12(13-5-2-3-6-14(13)16)18-8-4-7-17(9-10-18)11-15(19)20/h2-3,5-6,12H,4,7-11H2,1H3,(H,19,20). The summed E-state index contributed by atoms with van der Waals surface area (Å²) >= 11 is 6.26. The summed E-state index contributed by atoms with van der Waals surface area (Å²) in [7, 11) is 0. The minimum absolute atomic E-state index is 0.133. The molecule has 1 aromatic carbocycles. The monoisotopic (exact) mass is 296 g/mol. The fourth-order valence-corrected chi connectivity index (χ4v) is 3.03. The van der Waals surface area contributed by atoms with Gasteiger partial charge in [-0.3, -0.25) is 14.6 Å². The lowest BCUT2D eigenvalue weighted by atomic mass is 10.1. The minimum Gasteiger partial charge on any atom is -0.480 e. The highest BCUT2D eigenvalue weighted by Crippen LogP contribution is 2.27. The van der Waals surface area contributed by atoms with Gasteiger partial charge in [-0.2, -0.15) is 0 Å². The summed E-state index contributed by atoms with van der Waals surface area (Å²) in [6.07, 6.45) is 0.988. The molecule has 4 nitrogen and oxygen atoms in total. The van der Waals surface area contributed by atoms with E-state index >= 15 is 0 Å². The second-order valence-electron chi connectivity index (χ2n) is 5.26. The van der Waals surface area contributed by atoms with Crippen LogP contribution in [-0.2, 0) is 4.79 Å². The van der Waals surface area contributed by atoms with Gasteiger partial charge in [0.15, 0.2) is 0 Å². The van der Waals surface area contributed by atoms with Crippen molar-refractivity contribution in [2.45, 2.75) is 19.4 Å². The molecule has 1 N–H and O–H groups in total. The van der Waals surface area contributed by atoms with Crippen molar-refractivity contribution in [1.82, 2.24) is 9.80 Å². The third-order valence-electron chi connectivity index (χ3n) is 3.89. The smallest absolute Gasteiger partial charge is 0.317 e. The number of rotatable bonds is 4. The Labute approximate surface area is 124 Å². The van der Waals surface area contributed by atoms with Crippen molar-refractivity contribution in [2.75, 3.05) is 32.7 Å². The van der Waals surface area contributed by atoms with Crippen molar-refractivity contribution in [3.8, 4) is 0 Å². The van der Waals surface area contributed by atoms with Gasteiger partial charge in [-0.25, -0.2) is 0 Å². The zero-order chi connectivity index (χ0) is 14.5. The van der Waals surface area contributed by atoms with Crippen LogP contribution in [0.4, 0.5) is 0 Å². The van der Waals surface area contributed by atoms with Crippen LogP contribution in [0.15, 0.2) is 24.3 Å². The molecule has 0 bridgehead atoms. The Balaban J connectivity index is 2.00. The molecule has 0 spiro atoms. The van der Waals surface area contributed by atoms with Crippen molar-refractivity contribution in [3.05, 3.63) is 34.9 Å². The van der Waals surface area contributed by atoms with Gasteiger partial charge in [0, 0.05) is 37.2 Å². The molecule has 1 aliphatic rings. The average Bonchev–Trinajstić information content (AvgIpc) is 2.63. The zero-order valence-corrected chi connectivity index (χ0v) is 12.5. The van der Waals surface area contributed by atoms with Crippen molar-refractivity contribution in [1.29, 1.82) is 0 Å². The highest BCUT2D eigenvalue weighted by Gasteiger charge is 2.22. The van der Waals surface area contributed by atoms with E-state index in [2.05, 4.69) is 17.9 Å². The molecule has 20 heavy (non-hydrogen) atoms. The quantitative estimate of drug-likeness (QED) is 0.927. The van der Waals surface area contributed by atoms with Gasteiger partial charge >= 0.3 is 5.97 Å². The molecule has 1 fully saturated rings. The molecule has 1 unspecified atom stereocenters. The Morgan fingerprint density at radius 2 is 2.05 bits per heavy atom. The third-order valence-corrected chi connectivity index (χ3v) is 4.23. The normalized spacial score (nSPS) is 19.5. The number of nitrogens with zero attached hydrogens (tertiary/aromatic N) is 2. The largest absolute Gasteiger partial charge is 0.480 e. The van der Waals surface area contributed by atoms with Gasteiger partial charge in [0.2, 0.25) is 0 Å². The molecule has 0 radical (unpaired) electrons. The van der Waals surface area contributed by atoms with Gasteiger partial charge < -0.3 is 5.11 Å². The molecule has 0 aliphatic carbocycles. The number of carboxylic acids is 1. The van der Waals surface area contributed by atoms with Crippen LogP contribution in [0.3, 0.4) is 0 Å². The fraction of sp³-hybridized carbons (Fsp3) is 0.533. The van der Waals surface area contributed by atoms with Crippen molar-refractivity contribution in [3.63, 3.8) is 0 Å². The molecule has 1 heterocycles. The minimum atomic E-state index is -0.752. The number of carboxylic acid groups (broad SMARTS) is 1. The average molecular weight is 297 g/mol. The maximum atomic E-state index is 10.8. The van der Waals surface area contributed by atoms with Crippen LogP contribution in [0.1, 0.15) is 24.9 Å². The van der Waals surface area contributed by atoms with Crippen LogP contribution in [0.25, 0.3) is 0 Å². The van der Waals surface area contributed by atoms with Crippen LogP contribution in [0.2, 0.25) is 5.02 Å². The Bertz CT molecular complexity index is 467. The van der Waals surface area contributed by atoms with Gasteiger partial charge in [0.1, 0.15) is 0 Å². The Morgan fingerprint density at radius 1 is 1.30 bits per heavy atom. The lowest BCUT2D eigenvalue weighted by Gasteiger charge is -2.28. The molecular weight excluding hydrogens is 276 g/mol. The van der Waals surface area contributed by atoms with Crippen molar-refractivity contribution < 1.29 is 9.90 Å². The van der Waals surface area contributed by atoms with E-state index < -0.39 is 5.97 Å². The van der Waals surface area contributed by atoms with E-state index in [4.69, 9.17) is 16.7 Å². The Hall–Kier alpha value is -1.10. The van der Waals surface area contributed by atoms with E-state index in [1.165, 1.54) is 0 Å². The molecule has 0 amide bonds. The highest BCUT2D eigenvalue weighted by molar-refractivity contribution is 6.31. The first-order chi connectivity index (χ1) is 9.58. The number of aliphatic carboxylic acids is 1. The maximum absolute atomic E-state index is 10.8. The van der Waals surface area contributed by atoms with Gasteiger partial charge in [-0.05, 0) is 25.0 Å². The number of carbonyl (C=O) groups is 1. The summed E-state index contributed by atoms with van der Waals surface area (Å²) in [5.41, 5.74) is 1.14. The van der Waals surface area contributed by atoms with Crippen molar-refractivity contribution in [2.24, 2.45) is 0 Å². The molecule has 5 heteroatoms.